The van der Waals surface area contributed by atoms with E-state index in [4.69, 9.17) is 5.26 Å². The molecular weight excluding hydrogens is 302 g/mol. The molecule has 23 heavy (non-hydrogen) atoms. The minimum absolute atomic E-state index is 0.0353. The molecule has 1 amide bonds. The molecule has 0 fully saturated rings. The van der Waals surface area contributed by atoms with Gasteiger partial charge in [-0.3, -0.25) is 4.79 Å². The van der Waals surface area contributed by atoms with Gasteiger partial charge >= 0.3 is 0 Å². The summed E-state index contributed by atoms with van der Waals surface area (Å²) in [5.41, 5.74) is 1.60. The minimum Gasteiger partial charge on any atom is -0.359 e. The molecule has 0 saturated heterocycles. The maximum atomic E-state index is 13.3. The van der Waals surface area contributed by atoms with Crippen molar-refractivity contribution in [3.05, 3.63) is 59.6 Å². The molecule has 0 radical (unpaired) electrons. The second-order valence-electron chi connectivity index (χ2n) is 4.90. The maximum absolute atomic E-state index is 13.3. The van der Waals surface area contributed by atoms with Crippen LogP contribution in [-0.2, 0) is 11.2 Å². The number of H-pyrrole nitrogens is 1. The van der Waals surface area contributed by atoms with Crippen LogP contribution in [0.1, 0.15) is 11.3 Å². The Bertz CT molecular complexity index is 943. The van der Waals surface area contributed by atoms with Crippen molar-refractivity contribution in [3.63, 3.8) is 0 Å². The van der Waals surface area contributed by atoms with Crippen LogP contribution in [0.2, 0.25) is 0 Å². The molecule has 0 spiro atoms. The summed E-state index contributed by atoms with van der Waals surface area (Å²) in [5, 5.41) is 11.8. The molecule has 0 atom stereocenters. The third-order valence-corrected chi connectivity index (χ3v) is 3.30. The van der Waals surface area contributed by atoms with Crippen LogP contribution in [0.5, 0.6) is 0 Å². The van der Waals surface area contributed by atoms with Crippen molar-refractivity contribution in [2.45, 2.75) is 6.42 Å². The van der Waals surface area contributed by atoms with Crippen LogP contribution in [0, 0.1) is 23.0 Å². The molecule has 0 aliphatic rings. The number of halogens is 2. The van der Waals surface area contributed by atoms with Gasteiger partial charge < -0.3 is 10.3 Å². The van der Waals surface area contributed by atoms with Crippen LogP contribution < -0.4 is 5.32 Å². The highest BCUT2D eigenvalue weighted by Gasteiger charge is 2.12. The van der Waals surface area contributed by atoms with Gasteiger partial charge in [0.2, 0.25) is 5.91 Å². The van der Waals surface area contributed by atoms with E-state index < -0.39 is 11.6 Å². The van der Waals surface area contributed by atoms with Crippen molar-refractivity contribution in [1.82, 2.24) is 9.97 Å². The van der Waals surface area contributed by atoms with Gasteiger partial charge in [-0.25, -0.2) is 13.8 Å². The number of nitrogens with one attached hydrogen (secondary N) is 2. The fraction of sp³-hybridized carbons (Fsp3) is 0.0625. The van der Waals surface area contributed by atoms with E-state index in [2.05, 4.69) is 15.3 Å². The van der Waals surface area contributed by atoms with Crippen LogP contribution in [0.15, 0.2) is 36.7 Å². The number of pyridine rings is 1. The van der Waals surface area contributed by atoms with Gasteiger partial charge in [0, 0.05) is 23.8 Å². The lowest BCUT2D eigenvalue weighted by Crippen LogP contribution is -2.14. The molecule has 114 valence electrons. The zero-order valence-electron chi connectivity index (χ0n) is 11.7. The van der Waals surface area contributed by atoms with E-state index in [1.807, 2.05) is 6.07 Å². The van der Waals surface area contributed by atoms with Gasteiger partial charge in [-0.2, -0.15) is 5.26 Å². The predicted octanol–water partition coefficient (Wildman–Crippen LogP) is 2.89. The standard InChI is InChI=1S/C16H10F2N4O/c17-12-5-11-14(6-13(12)18)21-8-15(11)22-16(23)4-9-1-2-20-10(3-9)7-19/h1-3,5-6,8,21H,4H2,(H,22,23). The summed E-state index contributed by atoms with van der Waals surface area (Å²) in [6.45, 7) is 0. The van der Waals surface area contributed by atoms with Crippen LogP contribution in [0.25, 0.3) is 10.9 Å². The number of rotatable bonds is 3. The van der Waals surface area contributed by atoms with Crippen LogP contribution in [0.4, 0.5) is 14.5 Å². The van der Waals surface area contributed by atoms with Crippen molar-refractivity contribution >= 4 is 22.5 Å². The quantitative estimate of drug-likeness (QED) is 0.780. The summed E-state index contributed by atoms with van der Waals surface area (Å²) in [7, 11) is 0. The number of hydrogen-bond donors (Lipinski definition) is 2. The molecule has 2 aromatic heterocycles. The summed E-state index contributed by atoms with van der Waals surface area (Å²) in [6.07, 6.45) is 2.95. The van der Waals surface area contributed by atoms with E-state index in [0.717, 1.165) is 12.1 Å². The van der Waals surface area contributed by atoms with Gasteiger partial charge in [0.15, 0.2) is 11.6 Å². The van der Waals surface area contributed by atoms with Gasteiger partial charge in [-0.1, -0.05) is 0 Å². The average Bonchev–Trinajstić information content (AvgIpc) is 2.90. The lowest BCUT2D eigenvalue weighted by atomic mass is 10.1. The van der Waals surface area contributed by atoms with Crippen molar-refractivity contribution in [1.29, 1.82) is 5.26 Å². The number of aromatic nitrogens is 2. The highest BCUT2D eigenvalue weighted by molar-refractivity contribution is 6.02. The number of benzene rings is 1. The fourth-order valence-corrected chi connectivity index (χ4v) is 2.25. The monoisotopic (exact) mass is 312 g/mol. The number of nitrogens with zero attached hydrogens (tertiary/aromatic N) is 2. The molecular formula is C16H10F2N4O. The Balaban J connectivity index is 1.80. The fourth-order valence-electron chi connectivity index (χ4n) is 2.25. The third-order valence-electron chi connectivity index (χ3n) is 3.30. The number of carbonyl (C=O) groups excluding carboxylic acids is 1. The maximum Gasteiger partial charge on any atom is 0.228 e. The number of aromatic amines is 1. The summed E-state index contributed by atoms with van der Waals surface area (Å²) in [5.74, 6) is -2.29. The SMILES string of the molecule is N#Cc1cc(CC(=O)Nc2c[nH]c3cc(F)c(F)cc23)ccn1. The molecule has 0 bridgehead atoms. The van der Waals surface area contributed by atoms with Crippen LogP contribution in [0.3, 0.4) is 0 Å². The molecule has 0 saturated carbocycles. The van der Waals surface area contributed by atoms with E-state index in [1.54, 1.807) is 6.07 Å². The molecule has 2 heterocycles. The number of fused-ring (bicyclic) bond motifs is 1. The third kappa shape index (κ3) is 3.01. The van der Waals surface area contributed by atoms with Gasteiger partial charge in [0.05, 0.1) is 17.6 Å². The minimum atomic E-state index is -0.986. The Morgan fingerprint density at radius 2 is 2.09 bits per heavy atom. The zero-order valence-corrected chi connectivity index (χ0v) is 11.7. The summed E-state index contributed by atoms with van der Waals surface area (Å²) >= 11 is 0. The van der Waals surface area contributed by atoms with E-state index in [1.165, 1.54) is 18.5 Å². The first-order chi connectivity index (χ1) is 11.1. The first kappa shape index (κ1) is 14.7. The van der Waals surface area contributed by atoms with Crippen LogP contribution in [-0.4, -0.2) is 15.9 Å². The Kier molecular flexibility index (Phi) is 3.73. The van der Waals surface area contributed by atoms with Gasteiger partial charge in [0.1, 0.15) is 11.8 Å². The molecule has 0 aliphatic heterocycles. The molecule has 2 N–H and O–H groups in total. The molecule has 1 aromatic carbocycles. The highest BCUT2D eigenvalue weighted by Crippen LogP contribution is 2.25. The molecule has 0 unspecified atom stereocenters. The van der Waals surface area contributed by atoms with Crippen LogP contribution >= 0.6 is 0 Å². The van der Waals surface area contributed by atoms with Gasteiger partial charge in [-0.15, -0.1) is 0 Å². The Hall–Kier alpha value is -3.27. The predicted molar refractivity (Wildman–Crippen MR) is 79.5 cm³/mol. The number of hydrogen-bond acceptors (Lipinski definition) is 3. The Morgan fingerprint density at radius 3 is 2.87 bits per heavy atom. The lowest BCUT2D eigenvalue weighted by Gasteiger charge is -2.04. The average molecular weight is 312 g/mol. The summed E-state index contributed by atoms with van der Waals surface area (Å²) in [6, 6.07) is 7.10. The smallest absolute Gasteiger partial charge is 0.228 e. The molecule has 3 aromatic rings. The molecule has 0 aliphatic carbocycles. The highest BCUT2D eigenvalue weighted by atomic mass is 19.2. The first-order valence-electron chi connectivity index (χ1n) is 6.68. The van der Waals surface area contributed by atoms with E-state index in [0.29, 0.717) is 22.2 Å². The lowest BCUT2D eigenvalue weighted by molar-refractivity contribution is -0.115. The number of carbonyl (C=O) groups is 1. The number of amides is 1. The van der Waals surface area contributed by atoms with E-state index in [9.17, 15) is 13.6 Å². The second kappa shape index (κ2) is 5.85. The topological polar surface area (TPSA) is 81.6 Å². The van der Waals surface area contributed by atoms with Crippen molar-refractivity contribution < 1.29 is 13.6 Å². The molecule has 5 nitrogen and oxygen atoms in total. The van der Waals surface area contributed by atoms with Gasteiger partial charge in [-0.05, 0) is 23.8 Å². The van der Waals surface area contributed by atoms with Crippen molar-refractivity contribution in [3.8, 4) is 6.07 Å². The normalized spacial score (nSPS) is 10.5. The molecule has 3 rings (SSSR count). The molecule has 7 heteroatoms. The first-order valence-corrected chi connectivity index (χ1v) is 6.68. The second-order valence-corrected chi connectivity index (χ2v) is 4.90. The Labute approximate surface area is 129 Å². The Morgan fingerprint density at radius 1 is 1.30 bits per heavy atom. The number of anilines is 1. The van der Waals surface area contributed by atoms with Crippen molar-refractivity contribution in [2.24, 2.45) is 0 Å². The summed E-state index contributed by atoms with van der Waals surface area (Å²) in [4.78, 5) is 18.7. The van der Waals surface area contributed by atoms with E-state index >= 15 is 0 Å². The van der Waals surface area contributed by atoms with Gasteiger partial charge in [0.25, 0.3) is 0 Å². The van der Waals surface area contributed by atoms with E-state index in [-0.39, 0.29) is 18.0 Å². The van der Waals surface area contributed by atoms with Crippen molar-refractivity contribution in [2.75, 3.05) is 5.32 Å². The zero-order chi connectivity index (χ0) is 16.4. The summed E-state index contributed by atoms with van der Waals surface area (Å²) < 4.78 is 26.5. The number of nitriles is 1. The largest absolute Gasteiger partial charge is 0.359 e.